The fourth-order valence-electron chi connectivity index (χ4n) is 3.33. The Balaban J connectivity index is 0.00000225. The van der Waals surface area contributed by atoms with E-state index in [4.69, 9.17) is 0 Å². The minimum Gasteiger partial charge on any atom is -0.308 e. The molecule has 0 bridgehead atoms. The summed E-state index contributed by atoms with van der Waals surface area (Å²) in [5.41, 5.74) is 4.19. The third kappa shape index (κ3) is 4.45. The highest BCUT2D eigenvalue weighted by Crippen LogP contribution is 2.26. The van der Waals surface area contributed by atoms with Crippen molar-refractivity contribution < 1.29 is 8.42 Å². The van der Waals surface area contributed by atoms with Gasteiger partial charge in [0.25, 0.3) is 0 Å². The summed E-state index contributed by atoms with van der Waals surface area (Å²) in [5.74, 6) is 0. The van der Waals surface area contributed by atoms with Gasteiger partial charge >= 0.3 is 0 Å². The lowest BCUT2D eigenvalue weighted by Crippen LogP contribution is -2.38. The summed E-state index contributed by atoms with van der Waals surface area (Å²) in [6.07, 6.45) is 0.967. The van der Waals surface area contributed by atoms with Crippen LogP contribution in [-0.2, 0) is 16.4 Å². The Morgan fingerprint density at radius 1 is 1.21 bits per heavy atom. The van der Waals surface area contributed by atoms with Gasteiger partial charge < -0.3 is 5.32 Å². The molecule has 1 aliphatic heterocycles. The van der Waals surface area contributed by atoms with Crippen molar-refractivity contribution in [2.45, 2.75) is 24.3 Å². The van der Waals surface area contributed by atoms with Crippen LogP contribution >= 0.6 is 23.7 Å². The van der Waals surface area contributed by atoms with Crippen molar-refractivity contribution in [3.63, 3.8) is 0 Å². The molecule has 28 heavy (non-hydrogen) atoms. The van der Waals surface area contributed by atoms with E-state index in [1.807, 2.05) is 30.5 Å². The van der Waals surface area contributed by atoms with Crippen LogP contribution in [0.15, 0.2) is 58.8 Å². The summed E-state index contributed by atoms with van der Waals surface area (Å²) in [5, 5.41) is 6.19. The minimum absolute atomic E-state index is 0. The maximum absolute atomic E-state index is 12.8. The normalized spacial score (nSPS) is 16.2. The zero-order chi connectivity index (χ0) is 18.9. The second-order valence-corrected chi connectivity index (χ2v) is 9.25. The predicted molar refractivity (Wildman–Crippen MR) is 116 cm³/mol. The van der Waals surface area contributed by atoms with Gasteiger partial charge in [-0.25, -0.2) is 18.1 Å². The van der Waals surface area contributed by atoms with Crippen LogP contribution in [0, 0.1) is 6.92 Å². The Morgan fingerprint density at radius 3 is 2.82 bits per heavy atom. The summed E-state index contributed by atoms with van der Waals surface area (Å²) in [4.78, 5) is 4.70. The van der Waals surface area contributed by atoms with E-state index >= 15 is 0 Å². The van der Waals surface area contributed by atoms with Crippen molar-refractivity contribution in [3.8, 4) is 10.6 Å². The molecule has 1 aromatic heterocycles. The molecule has 4 rings (SSSR count). The number of sulfonamides is 1. The molecule has 0 aliphatic carbocycles. The van der Waals surface area contributed by atoms with Gasteiger partial charge in [-0.15, -0.1) is 23.7 Å². The number of halogens is 1. The molecule has 1 unspecified atom stereocenters. The third-order valence-electron chi connectivity index (χ3n) is 4.70. The molecule has 5 nitrogen and oxygen atoms in total. The maximum atomic E-state index is 12.8. The fraction of sp³-hybridized carbons (Fsp3) is 0.250. The molecule has 1 aliphatic rings. The summed E-state index contributed by atoms with van der Waals surface area (Å²) in [6, 6.07) is 15.1. The first-order chi connectivity index (χ1) is 13.0. The highest BCUT2D eigenvalue weighted by molar-refractivity contribution is 7.89. The van der Waals surface area contributed by atoms with E-state index in [2.05, 4.69) is 27.2 Å². The average Bonchev–Trinajstić information content (AvgIpc) is 3.13. The molecular weight excluding hydrogens is 414 g/mol. The fourth-order valence-corrected chi connectivity index (χ4v) is 5.22. The van der Waals surface area contributed by atoms with Gasteiger partial charge in [0.05, 0.1) is 4.90 Å². The van der Waals surface area contributed by atoms with Crippen molar-refractivity contribution in [3.05, 3.63) is 70.7 Å². The Kier molecular flexibility index (Phi) is 6.52. The second-order valence-electron chi connectivity index (χ2n) is 6.63. The average molecular weight is 436 g/mol. The highest BCUT2D eigenvalue weighted by Gasteiger charge is 2.22. The molecule has 0 saturated carbocycles. The van der Waals surface area contributed by atoms with E-state index in [9.17, 15) is 8.42 Å². The van der Waals surface area contributed by atoms with Crippen molar-refractivity contribution >= 4 is 33.8 Å². The number of rotatable bonds is 5. The Morgan fingerprint density at radius 2 is 2.04 bits per heavy atom. The molecule has 0 saturated heterocycles. The number of thiazole rings is 1. The highest BCUT2D eigenvalue weighted by atomic mass is 35.5. The Hall–Kier alpha value is -1.77. The molecule has 148 valence electrons. The number of aryl methyl sites for hydroxylation is 1. The molecule has 3 aromatic rings. The van der Waals surface area contributed by atoms with Gasteiger partial charge in [0.1, 0.15) is 5.01 Å². The van der Waals surface area contributed by atoms with E-state index in [0.717, 1.165) is 29.2 Å². The van der Waals surface area contributed by atoms with Gasteiger partial charge in [0.2, 0.25) is 10.0 Å². The lowest BCUT2D eigenvalue weighted by atomic mass is 9.95. The Bertz CT molecular complexity index is 1070. The van der Waals surface area contributed by atoms with Crippen molar-refractivity contribution in [1.29, 1.82) is 0 Å². The number of nitrogens with one attached hydrogen (secondary N) is 2. The predicted octanol–water partition coefficient (Wildman–Crippen LogP) is 3.71. The maximum Gasteiger partial charge on any atom is 0.240 e. The van der Waals surface area contributed by atoms with Gasteiger partial charge in [-0.05, 0) is 43.1 Å². The zero-order valence-corrected chi connectivity index (χ0v) is 17.8. The molecular formula is C20H22ClN3O2S2. The van der Waals surface area contributed by atoms with E-state index < -0.39 is 10.0 Å². The van der Waals surface area contributed by atoms with E-state index in [-0.39, 0.29) is 23.3 Å². The van der Waals surface area contributed by atoms with E-state index in [1.165, 1.54) is 22.5 Å². The van der Waals surface area contributed by atoms with Crippen molar-refractivity contribution in [2.24, 2.45) is 0 Å². The number of nitrogens with zero attached hydrogens (tertiary/aromatic N) is 1. The molecule has 1 atom stereocenters. The number of benzene rings is 2. The molecule has 0 fully saturated rings. The largest absolute Gasteiger partial charge is 0.308 e. The van der Waals surface area contributed by atoms with E-state index in [1.54, 1.807) is 18.2 Å². The van der Waals surface area contributed by atoms with Crippen LogP contribution in [0.3, 0.4) is 0 Å². The molecule has 2 N–H and O–H groups in total. The summed E-state index contributed by atoms with van der Waals surface area (Å²) < 4.78 is 28.4. The molecule has 0 amide bonds. The van der Waals surface area contributed by atoms with Crippen LogP contribution in [0.25, 0.3) is 10.6 Å². The van der Waals surface area contributed by atoms with Crippen LogP contribution in [0.4, 0.5) is 0 Å². The Labute approximate surface area is 175 Å². The monoisotopic (exact) mass is 435 g/mol. The molecule has 2 aromatic carbocycles. The minimum atomic E-state index is -3.60. The van der Waals surface area contributed by atoms with Crippen LogP contribution in [0.5, 0.6) is 0 Å². The van der Waals surface area contributed by atoms with Crippen LogP contribution in [0.2, 0.25) is 0 Å². The lowest BCUT2D eigenvalue weighted by Gasteiger charge is -2.27. The zero-order valence-electron chi connectivity index (χ0n) is 15.4. The SMILES string of the molecule is Cc1csc(-c2cccc(S(=O)(=O)NCC3NCCc4ccccc43)c2)n1.Cl. The quantitative estimate of drug-likeness (QED) is 0.640. The molecule has 8 heteroatoms. The van der Waals surface area contributed by atoms with Gasteiger partial charge in [-0.2, -0.15) is 0 Å². The first kappa shape index (κ1) is 21.0. The van der Waals surface area contributed by atoms with E-state index in [0.29, 0.717) is 6.54 Å². The van der Waals surface area contributed by atoms with Gasteiger partial charge in [-0.1, -0.05) is 36.4 Å². The third-order valence-corrected chi connectivity index (χ3v) is 7.13. The second kappa shape index (κ2) is 8.71. The van der Waals surface area contributed by atoms with Crippen molar-refractivity contribution in [2.75, 3.05) is 13.1 Å². The summed E-state index contributed by atoms with van der Waals surface area (Å²) >= 11 is 1.51. The van der Waals surface area contributed by atoms with Gasteiger partial charge in [-0.3, -0.25) is 0 Å². The number of aromatic nitrogens is 1. The number of hydrogen-bond donors (Lipinski definition) is 2. The van der Waals surface area contributed by atoms with Crippen LogP contribution in [0.1, 0.15) is 22.9 Å². The van der Waals surface area contributed by atoms with Gasteiger partial charge in [0.15, 0.2) is 0 Å². The summed E-state index contributed by atoms with van der Waals surface area (Å²) in [6.45, 7) is 3.10. The first-order valence-corrected chi connectivity index (χ1v) is 11.2. The van der Waals surface area contributed by atoms with Gasteiger partial charge in [0, 0.05) is 29.2 Å². The molecule has 0 spiro atoms. The van der Waals surface area contributed by atoms with Crippen LogP contribution < -0.4 is 10.0 Å². The van der Waals surface area contributed by atoms with Crippen LogP contribution in [-0.4, -0.2) is 26.5 Å². The number of hydrogen-bond acceptors (Lipinski definition) is 5. The number of fused-ring (bicyclic) bond motifs is 1. The lowest BCUT2D eigenvalue weighted by molar-refractivity contribution is 0.491. The molecule has 2 heterocycles. The van der Waals surface area contributed by atoms with Crippen molar-refractivity contribution in [1.82, 2.24) is 15.0 Å². The standard InChI is InChI=1S/C20H21N3O2S2.ClH/c1-14-13-26-20(23-14)16-6-4-7-17(11-16)27(24,25)22-12-19-18-8-3-2-5-15(18)9-10-21-19;/h2-8,11,13,19,21-22H,9-10,12H2,1H3;1H. The first-order valence-electron chi connectivity index (χ1n) is 8.86. The topological polar surface area (TPSA) is 71.1 Å². The smallest absolute Gasteiger partial charge is 0.240 e. The molecule has 0 radical (unpaired) electrons. The summed E-state index contributed by atoms with van der Waals surface area (Å²) in [7, 11) is -3.60.